The molecule has 0 aliphatic carbocycles. The number of nitrogens with zero attached hydrogens (tertiary/aromatic N) is 2. The largest absolute Gasteiger partial charge is 0.457 e. The lowest BCUT2D eigenvalue weighted by Gasteiger charge is -2.17. The van der Waals surface area contributed by atoms with Crippen LogP contribution >= 0.6 is 0 Å². The van der Waals surface area contributed by atoms with Gasteiger partial charge in [-0.25, -0.2) is 17.2 Å². The number of benzene rings is 2. The van der Waals surface area contributed by atoms with Gasteiger partial charge in [0.15, 0.2) is 0 Å². The molecule has 0 atom stereocenters. The summed E-state index contributed by atoms with van der Waals surface area (Å²) >= 11 is 0. The molecule has 0 radical (unpaired) electrons. The van der Waals surface area contributed by atoms with E-state index in [0.29, 0.717) is 22.3 Å². The molecule has 9 heteroatoms. The van der Waals surface area contributed by atoms with Crippen molar-refractivity contribution in [3.05, 3.63) is 95.3 Å². The van der Waals surface area contributed by atoms with E-state index in [2.05, 4.69) is 0 Å². The van der Waals surface area contributed by atoms with Gasteiger partial charge >= 0.3 is 5.97 Å². The van der Waals surface area contributed by atoms with Crippen LogP contribution in [0.5, 0.6) is 0 Å². The standard InChI is InChI=1S/C26H24N2O6S/c1-26(2,3)34-23(29)13-10-19-14-15-27(16-19)35(32,33)20-11-8-18(9-12-20)17-28-24(30)21-6-4-5-7-22(21)25(28)31/h4-16H,17H2,1-3H3/b13-10+. The van der Waals surface area contributed by atoms with E-state index in [1.54, 1.807) is 63.2 Å². The van der Waals surface area contributed by atoms with Crippen molar-refractivity contribution in [2.24, 2.45) is 0 Å². The molecule has 35 heavy (non-hydrogen) atoms. The smallest absolute Gasteiger partial charge is 0.331 e. The lowest BCUT2D eigenvalue weighted by Crippen LogP contribution is -2.29. The number of rotatable bonds is 6. The lowest BCUT2D eigenvalue weighted by atomic mass is 10.1. The summed E-state index contributed by atoms with van der Waals surface area (Å²) in [6, 6.07) is 14.2. The van der Waals surface area contributed by atoms with Gasteiger partial charge in [-0.3, -0.25) is 14.5 Å². The van der Waals surface area contributed by atoms with E-state index in [0.717, 1.165) is 8.87 Å². The quantitative estimate of drug-likeness (QED) is 0.294. The minimum atomic E-state index is -3.88. The van der Waals surface area contributed by atoms with Crippen LogP contribution in [0.1, 0.15) is 52.6 Å². The Morgan fingerprint density at radius 3 is 2.11 bits per heavy atom. The summed E-state index contributed by atoms with van der Waals surface area (Å²) in [6.45, 7) is 5.31. The molecule has 1 aromatic heterocycles. The Balaban J connectivity index is 1.46. The fraction of sp³-hybridized carbons (Fsp3) is 0.192. The number of hydrogen-bond donors (Lipinski definition) is 0. The highest BCUT2D eigenvalue weighted by Gasteiger charge is 2.35. The second kappa shape index (κ2) is 8.99. The SMILES string of the molecule is CC(C)(C)OC(=O)/C=C/c1ccn(S(=O)(=O)c2ccc(CN3C(=O)c4ccccc4C3=O)cc2)c1. The molecule has 180 valence electrons. The van der Waals surface area contributed by atoms with E-state index in [-0.39, 0.29) is 23.3 Å². The summed E-state index contributed by atoms with van der Waals surface area (Å²) in [5.41, 5.74) is 1.23. The van der Waals surface area contributed by atoms with E-state index >= 15 is 0 Å². The predicted molar refractivity (Wildman–Crippen MR) is 129 cm³/mol. The summed E-state index contributed by atoms with van der Waals surface area (Å²) in [6.07, 6.45) is 5.50. The molecule has 0 spiro atoms. The van der Waals surface area contributed by atoms with Crippen molar-refractivity contribution in [1.29, 1.82) is 0 Å². The van der Waals surface area contributed by atoms with E-state index in [1.807, 2.05) is 0 Å². The number of carbonyl (C=O) groups is 3. The monoisotopic (exact) mass is 492 g/mol. The average molecular weight is 493 g/mol. The number of esters is 1. The molecule has 2 aromatic carbocycles. The van der Waals surface area contributed by atoms with Gasteiger partial charge in [0.2, 0.25) is 0 Å². The van der Waals surface area contributed by atoms with E-state index in [1.165, 1.54) is 36.7 Å². The summed E-state index contributed by atoms with van der Waals surface area (Å²) in [5, 5.41) is 0. The number of imide groups is 1. The molecule has 0 N–H and O–H groups in total. The second-order valence-electron chi connectivity index (χ2n) is 9.03. The van der Waals surface area contributed by atoms with Crippen LogP contribution in [0.3, 0.4) is 0 Å². The summed E-state index contributed by atoms with van der Waals surface area (Å²) < 4.78 is 32.3. The van der Waals surface area contributed by atoms with E-state index in [9.17, 15) is 22.8 Å². The highest BCUT2D eigenvalue weighted by atomic mass is 32.2. The number of ether oxygens (including phenoxy) is 1. The first-order chi connectivity index (χ1) is 16.5. The molecule has 2 amide bonds. The first-order valence-corrected chi connectivity index (χ1v) is 12.3. The maximum atomic E-state index is 13.0. The topological polar surface area (TPSA) is 103 Å². The van der Waals surface area contributed by atoms with Gasteiger partial charge in [-0.15, -0.1) is 0 Å². The molecule has 0 fully saturated rings. The molecule has 3 aromatic rings. The van der Waals surface area contributed by atoms with Crippen LogP contribution in [0.15, 0.2) is 78.0 Å². The van der Waals surface area contributed by atoms with Gasteiger partial charge in [0.25, 0.3) is 21.8 Å². The van der Waals surface area contributed by atoms with Crippen LogP contribution in [-0.2, 0) is 26.1 Å². The number of hydrogen-bond acceptors (Lipinski definition) is 6. The zero-order chi connectivity index (χ0) is 25.4. The Kier molecular flexibility index (Phi) is 6.21. The maximum Gasteiger partial charge on any atom is 0.331 e. The van der Waals surface area contributed by atoms with E-state index < -0.39 is 21.6 Å². The van der Waals surface area contributed by atoms with Crippen molar-refractivity contribution < 1.29 is 27.5 Å². The summed E-state index contributed by atoms with van der Waals surface area (Å²) in [4.78, 5) is 38.1. The number of carbonyl (C=O) groups excluding carboxylic acids is 3. The minimum Gasteiger partial charge on any atom is -0.457 e. The van der Waals surface area contributed by atoms with Crippen LogP contribution in [0.4, 0.5) is 0 Å². The Morgan fingerprint density at radius 1 is 0.943 bits per heavy atom. The molecule has 0 bridgehead atoms. The van der Waals surface area contributed by atoms with Crippen LogP contribution in [0.25, 0.3) is 6.08 Å². The van der Waals surface area contributed by atoms with Gasteiger partial charge < -0.3 is 4.74 Å². The van der Waals surface area contributed by atoms with Gasteiger partial charge in [-0.05, 0) is 68.3 Å². The van der Waals surface area contributed by atoms with Crippen LogP contribution in [-0.4, -0.2) is 40.7 Å². The molecule has 0 saturated carbocycles. The average Bonchev–Trinajstić information content (AvgIpc) is 3.37. The first kappa shape index (κ1) is 24.2. The van der Waals surface area contributed by atoms with Crippen molar-refractivity contribution in [1.82, 2.24) is 8.87 Å². The molecule has 1 aliphatic rings. The Labute approximate surface area is 203 Å². The number of amides is 2. The number of aromatic nitrogens is 1. The maximum absolute atomic E-state index is 13.0. The Hall–Kier alpha value is -3.98. The van der Waals surface area contributed by atoms with Crippen molar-refractivity contribution in [2.75, 3.05) is 0 Å². The molecule has 0 unspecified atom stereocenters. The van der Waals surface area contributed by atoms with Gasteiger partial charge in [0.1, 0.15) is 5.60 Å². The summed E-state index contributed by atoms with van der Waals surface area (Å²) in [7, 11) is -3.88. The van der Waals surface area contributed by atoms with Gasteiger partial charge in [-0.1, -0.05) is 24.3 Å². The van der Waals surface area contributed by atoms with Crippen molar-refractivity contribution in [3.8, 4) is 0 Å². The Morgan fingerprint density at radius 2 is 1.54 bits per heavy atom. The van der Waals surface area contributed by atoms with Crippen LogP contribution in [0, 0.1) is 0 Å². The van der Waals surface area contributed by atoms with Crippen molar-refractivity contribution >= 4 is 33.9 Å². The molecule has 1 aliphatic heterocycles. The third-order valence-electron chi connectivity index (χ3n) is 5.23. The molecular formula is C26H24N2O6S. The second-order valence-corrected chi connectivity index (χ2v) is 10.9. The fourth-order valence-electron chi connectivity index (χ4n) is 3.59. The predicted octanol–water partition coefficient (Wildman–Crippen LogP) is 3.88. The van der Waals surface area contributed by atoms with E-state index in [4.69, 9.17) is 4.74 Å². The zero-order valence-electron chi connectivity index (χ0n) is 19.5. The lowest BCUT2D eigenvalue weighted by molar-refractivity contribution is -0.148. The Bertz CT molecular complexity index is 1410. The van der Waals surface area contributed by atoms with Crippen LogP contribution in [0.2, 0.25) is 0 Å². The normalized spacial score (nSPS) is 14.0. The fourth-order valence-corrected chi connectivity index (χ4v) is 4.80. The third kappa shape index (κ3) is 5.09. The molecule has 0 saturated heterocycles. The van der Waals surface area contributed by atoms with Crippen molar-refractivity contribution in [2.45, 2.75) is 37.8 Å². The summed E-state index contributed by atoms with van der Waals surface area (Å²) in [5.74, 6) is -1.27. The van der Waals surface area contributed by atoms with Crippen LogP contribution < -0.4 is 0 Å². The molecular weight excluding hydrogens is 468 g/mol. The van der Waals surface area contributed by atoms with Gasteiger partial charge in [0.05, 0.1) is 22.6 Å². The van der Waals surface area contributed by atoms with Gasteiger partial charge in [-0.2, -0.15) is 0 Å². The van der Waals surface area contributed by atoms with Crippen molar-refractivity contribution in [3.63, 3.8) is 0 Å². The molecule has 4 rings (SSSR count). The number of fused-ring (bicyclic) bond motifs is 1. The molecule has 8 nitrogen and oxygen atoms in total. The molecule has 2 heterocycles. The zero-order valence-corrected chi connectivity index (χ0v) is 20.3. The highest BCUT2D eigenvalue weighted by molar-refractivity contribution is 7.90. The minimum absolute atomic E-state index is 0.0375. The first-order valence-electron chi connectivity index (χ1n) is 10.8. The van der Waals surface area contributed by atoms with Gasteiger partial charge in [0, 0.05) is 18.5 Å². The highest BCUT2D eigenvalue weighted by Crippen LogP contribution is 2.25. The third-order valence-corrected chi connectivity index (χ3v) is 6.88.